The van der Waals surface area contributed by atoms with Crippen molar-refractivity contribution in [1.82, 2.24) is 0 Å². The van der Waals surface area contributed by atoms with Crippen LogP contribution in [0.2, 0.25) is 0 Å². The Labute approximate surface area is 88.0 Å². The Balaban J connectivity index is 0.000000561. The number of hydrogen-bond acceptors (Lipinski definition) is 1. The topological polar surface area (TPSA) is 37.3 Å². The van der Waals surface area contributed by atoms with Crippen molar-refractivity contribution in [3.63, 3.8) is 0 Å². The number of carboxylic acids is 1. The zero-order valence-corrected chi connectivity index (χ0v) is 11.0. The van der Waals surface area contributed by atoms with Crippen LogP contribution < -0.4 is 0 Å². The van der Waals surface area contributed by atoms with Crippen LogP contribution in [0.5, 0.6) is 0 Å². The molecule has 0 bridgehead atoms. The van der Waals surface area contributed by atoms with Crippen molar-refractivity contribution < 1.29 is 26.2 Å². The van der Waals surface area contributed by atoms with Gasteiger partial charge in [-0.15, -0.1) is 12.1 Å². The first-order valence-electron chi connectivity index (χ1n) is 3.12. The van der Waals surface area contributed by atoms with Gasteiger partial charge in [0.05, 0.1) is 0 Å². The first-order valence-corrected chi connectivity index (χ1v) is 10.1. The van der Waals surface area contributed by atoms with Gasteiger partial charge in [-0.25, -0.2) is 4.79 Å². The van der Waals surface area contributed by atoms with E-state index in [1.54, 1.807) is 12.1 Å². The maximum atomic E-state index is 10.3. The molecule has 60 valence electrons. The van der Waals surface area contributed by atoms with E-state index in [0.29, 0.717) is 0 Å². The predicted molar refractivity (Wildman–Crippen MR) is 46.8 cm³/mol. The van der Waals surface area contributed by atoms with Gasteiger partial charge in [-0.2, -0.15) is 18.6 Å². The van der Waals surface area contributed by atoms with Gasteiger partial charge >= 0.3 is 35.9 Å². The van der Waals surface area contributed by atoms with E-state index < -0.39 is 5.97 Å². The predicted octanol–water partition coefficient (Wildman–Crippen LogP) is 2.41. The van der Waals surface area contributed by atoms with E-state index in [9.17, 15) is 4.79 Å². The van der Waals surface area contributed by atoms with Crippen LogP contribution >= 0.6 is 13.6 Å². The first-order chi connectivity index (χ1) is 5.70. The molecule has 1 rings (SSSR count). The van der Waals surface area contributed by atoms with Gasteiger partial charge < -0.3 is 5.11 Å². The van der Waals surface area contributed by atoms with E-state index in [2.05, 4.69) is 20.5 Å². The SMILES string of the molecule is [CH2-]c1cccc(C(=O)O)c1.[Zn+][Br]. The molecule has 0 aromatic heterocycles. The average Bonchev–Trinajstić information content (AvgIpc) is 2.08. The van der Waals surface area contributed by atoms with E-state index >= 15 is 0 Å². The summed E-state index contributed by atoms with van der Waals surface area (Å²) in [6.45, 7) is 3.60. The van der Waals surface area contributed by atoms with E-state index in [-0.39, 0.29) is 5.56 Å². The zero-order valence-electron chi connectivity index (χ0n) is 6.46. The van der Waals surface area contributed by atoms with Gasteiger partial charge in [0, 0.05) is 5.56 Å². The molecule has 0 aliphatic rings. The summed E-state index contributed by atoms with van der Waals surface area (Å²) in [6, 6.07) is 6.50. The van der Waals surface area contributed by atoms with Gasteiger partial charge in [0.1, 0.15) is 0 Å². The number of benzene rings is 1. The fourth-order valence-electron chi connectivity index (χ4n) is 0.704. The monoisotopic (exact) mass is 278 g/mol. The fourth-order valence-corrected chi connectivity index (χ4v) is 0.704. The van der Waals surface area contributed by atoms with E-state index in [1.165, 1.54) is 28.5 Å². The Morgan fingerprint density at radius 3 is 2.42 bits per heavy atom. The molecule has 0 spiro atoms. The van der Waals surface area contributed by atoms with Gasteiger partial charge in [0.2, 0.25) is 0 Å². The molecule has 12 heavy (non-hydrogen) atoms. The Kier molecular flexibility index (Phi) is 6.04. The quantitative estimate of drug-likeness (QED) is 0.633. The third-order valence-corrected chi connectivity index (χ3v) is 1.17. The second-order valence-corrected chi connectivity index (χ2v) is 2.01. The standard InChI is InChI=1S/C8H7O2.BrH.Zn/c1-6-3-2-4-7(5-6)8(9)10;;/h2-5H,1H2,(H,9,10);1H;/q-1;;+2/p-1. The molecule has 0 atom stereocenters. The number of halogens is 1. The van der Waals surface area contributed by atoms with E-state index in [4.69, 9.17) is 5.11 Å². The summed E-state index contributed by atoms with van der Waals surface area (Å²) in [6.07, 6.45) is 0. The molecule has 0 unspecified atom stereocenters. The van der Waals surface area contributed by atoms with Crippen LogP contribution in [0.4, 0.5) is 0 Å². The number of hydrogen-bond donors (Lipinski definition) is 1. The van der Waals surface area contributed by atoms with Crippen molar-refractivity contribution in [2.45, 2.75) is 0 Å². The third-order valence-electron chi connectivity index (χ3n) is 1.17. The second-order valence-electron chi connectivity index (χ2n) is 2.01. The number of aromatic carboxylic acids is 1. The summed E-state index contributed by atoms with van der Waals surface area (Å²) in [7, 11) is 0. The number of carbonyl (C=O) groups is 1. The molecule has 1 aromatic carbocycles. The molecule has 0 radical (unpaired) electrons. The molecular formula is C8H7BrO2Zn. The first kappa shape index (κ1) is 11.7. The number of carboxylic acid groups (broad SMARTS) is 1. The van der Waals surface area contributed by atoms with Crippen molar-refractivity contribution in [3.05, 3.63) is 42.3 Å². The normalized spacial score (nSPS) is 8.25. The van der Waals surface area contributed by atoms with Crippen LogP contribution in [-0.4, -0.2) is 11.1 Å². The molecule has 0 saturated heterocycles. The van der Waals surface area contributed by atoms with Crippen molar-refractivity contribution in [3.8, 4) is 0 Å². The molecule has 2 nitrogen and oxygen atoms in total. The van der Waals surface area contributed by atoms with Crippen LogP contribution in [0.15, 0.2) is 24.3 Å². The zero-order chi connectivity index (χ0) is 9.56. The molecule has 0 aliphatic heterocycles. The van der Waals surface area contributed by atoms with Crippen LogP contribution in [-0.2, 0) is 16.3 Å². The third kappa shape index (κ3) is 3.88. The summed E-state index contributed by atoms with van der Waals surface area (Å²) >= 11 is 4.25. The van der Waals surface area contributed by atoms with Crippen LogP contribution in [0.25, 0.3) is 0 Å². The van der Waals surface area contributed by atoms with Gasteiger partial charge in [0.15, 0.2) is 0 Å². The van der Waals surface area contributed by atoms with Gasteiger partial charge in [0.25, 0.3) is 0 Å². The summed E-state index contributed by atoms with van der Waals surface area (Å²) < 4.78 is 0. The van der Waals surface area contributed by atoms with Gasteiger partial charge in [-0.05, 0) is 0 Å². The average molecular weight is 280 g/mol. The van der Waals surface area contributed by atoms with Crippen LogP contribution in [0.3, 0.4) is 0 Å². The number of rotatable bonds is 1. The van der Waals surface area contributed by atoms with Crippen molar-refractivity contribution >= 4 is 19.6 Å². The minimum atomic E-state index is -0.912. The van der Waals surface area contributed by atoms with Crippen LogP contribution in [0.1, 0.15) is 15.9 Å². The Bertz CT molecular complexity index is 263. The molecule has 1 aromatic rings. The Morgan fingerprint density at radius 1 is 1.50 bits per heavy atom. The van der Waals surface area contributed by atoms with Gasteiger partial charge in [-0.3, -0.25) is 0 Å². The summed E-state index contributed by atoms with van der Waals surface area (Å²) in [5.41, 5.74) is 1.01. The van der Waals surface area contributed by atoms with E-state index in [1.807, 2.05) is 0 Å². The Hall–Kier alpha value is -0.337. The van der Waals surface area contributed by atoms with Crippen LogP contribution in [0, 0.1) is 6.92 Å². The minimum absolute atomic E-state index is 0.285. The molecule has 1 N–H and O–H groups in total. The summed E-state index contributed by atoms with van der Waals surface area (Å²) in [5.74, 6) is -0.912. The molecule has 0 amide bonds. The summed E-state index contributed by atoms with van der Waals surface area (Å²) in [4.78, 5) is 10.3. The molecule has 0 fully saturated rings. The molecule has 0 heterocycles. The fraction of sp³-hybridized carbons (Fsp3) is 0. The Morgan fingerprint density at radius 2 is 2.08 bits per heavy atom. The van der Waals surface area contributed by atoms with Crippen molar-refractivity contribution in [2.75, 3.05) is 0 Å². The molecule has 0 aliphatic carbocycles. The van der Waals surface area contributed by atoms with Crippen molar-refractivity contribution in [2.24, 2.45) is 0 Å². The van der Waals surface area contributed by atoms with Gasteiger partial charge in [-0.1, -0.05) is 6.07 Å². The molecular weight excluding hydrogens is 273 g/mol. The van der Waals surface area contributed by atoms with Crippen molar-refractivity contribution in [1.29, 1.82) is 0 Å². The molecule has 0 saturated carbocycles. The maximum absolute atomic E-state index is 10.3. The summed E-state index contributed by atoms with van der Waals surface area (Å²) in [5, 5.41) is 8.48. The molecule has 4 heteroatoms. The second kappa shape index (κ2) is 6.21. The van der Waals surface area contributed by atoms with E-state index in [0.717, 1.165) is 5.56 Å².